The monoisotopic (exact) mass is 466 g/mol. The fourth-order valence-electron chi connectivity index (χ4n) is 4.07. The molecule has 0 saturated carbocycles. The predicted molar refractivity (Wildman–Crippen MR) is 127 cm³/mol. The molecule has 0 bridgehead atoms. The summed E-state index contributed by atoms with van der Waals surface area (Å²) in [6.45, 7) is 2.10. The Bertz CT molecular complexity index is 1330. The minimum atomic E-state index is -0.357. The third-order valence-corrected chi connectivity index (χ3v) is 7.62. The second-order valence-electron chi connectivity index (χ2n) is 7.54. The molecule has 1 aliphatic rings. The van der Waals surface area contributed by atoms with Crippen LogP contribution in [-0.4, -0.2) is 38.8 Å². The maximum absolute atomic E-state index is 12.8. The van der Waals surface area contributed by atoms with Gasteiger partial charge in [-0.1, -0.05) is 30.0 Å². The van der Waals surface area contributed by atoms with Crippen molar-refractivity contribution in [1.29, 1.82) is 0 Å². The van der Waals surface area contributed by atoms with Gasteiger partial charge in [0.25, 0.3) is 0 Å². The van der Waals surface area contributed by atoms with Crippen LogP contribution < -0.4 is 5.32 Å². The van der Waals surface area contributed by atoms with Crippen molar-refractivity contribution in [3.8, 4) is 0 Å². The van der Waals surface area contributed by atoms with Gasteiger partial charge in [-0.25, -0.2) is 4.79 Å². The number of aryl methyl sites for hydroxylation is 1. The standard InChI is InChI=1S/C23H22N4O3S2/c1-2-30-22(29)20-15-8-4-6-10-17(15)32-21(20)24-19(28)13-31-23-26-25-18-12-11-14-7-3-5-9-16(14)27(18)23/h3,5,7,9,11-12H,2,4,6,8,10,13H2,1H3,(H,24,28). The van der Waals surface area contributed by atoms with Crippen LogP contribution in [0.25, 0.3) is 16.6 Å². The van der Waals surface area contributed by atoms with Gasteiger partial charge in [-0.05, 0) is 61.8 Å². The van der Waals surface area contributed by atoms with Crippen molar-refractivity contribution in [2.45, 2.75) is 37.8 Å². The maximum atomic E-state index is 12.8. The summed E-state index contributed by atoms with van der Waals surface area (Å²) >= 11 is 2.82. The summed E-state index contributed by atoms with van der Waals surface area (Å²) in [6.07, 6.45) is 3.94. The number of esters is 1. The number of para-hydroxylation sites is 1. The molecule has 0 radical (unpaired) electrons. The summed E-state index contributed by atoms with van der Waals surface area (Å²) in [5.74, 6) is -0.379. The van der Waals surface area contributed by atoms with Crippen LogP contribution in [0.4, 0.5) is 5.00 Å². The molecule has 1 aliphatic carbocycles. The highest BCUT2D eigenvalue weighted by atomic mass is 32.2. The van der Waals surface area contributed by atoms with Crippen molar-refractivity contribution in [2.24, 2.45) is 0 Å². The van der Waals surface area contributed by atoms with E-state index >= 15 is 0 Å². The molecule has 1 amide bonds. The van der Waals surface area contributed by atoms with E-state index in [1.807, 2.05) is 40.8 Å². The Morgan fingerprint density at radius 1 is 1.16 bits per heavy atom. The third-order valence-electron chi connectivity index (χ3n) is 5.48. The first-order valence-electron chi connectivity index (χ1n) is 10.6. The molecule has 3 aromatic heterocycles. The van der Waals surface area contributed by atoms with Gasteiger partial charge in [-0.2, -0.15) is 0 Å². The van der Waals surface area contributed by atoms with E-state index in [1.165, 1.54) is 28.0 Å². The molecule has 3 heterocycles. The molecule has 32 heavy (non-hydrogen) atoms. The van der Waals surface area contributed by atoms with Crippen molar-refractivity contribution in [2.75, 3.05) is 17.7 Å². The number of nitrogens with zero attached hydrogens (tertiary/aromatic N) is 3. The number of pyridine rings is 1. The summed E-state index contributed by atoms with van der Waals surface area (Å²) in [5.41, 5.74) is 3.30. The zero-order chi connectivity index (χ0) is 22.1. The summed E-state index contributed by atoms with van der Waals surface area (Å²) < 4.78 is 7.23. The molecule has 1 aromatic carbocycles. The molecule has 164 valence electrons. The van der Waals surface area contributed by atoms with Crippen LogP contribution in [-0.2, 0) is 22.4 Å². The molecule has 0 aliphatic heterocycles. The Morgan fingerprint density at radius 2 is 2.00 bits per heavy atom. The van der Waals surface area contributed by atoms with Gasteiger partial charge in [0.05, 0.1) is 23.4 Å². The number of ether oxygens (including phenoxy) is 1. The zero-order valence-electron chi connectivity index (χ0n) is 17.6. The summed E-state index contributed by atoms with van der Waals surface area (Å²) in [7, 11) is 0. The molecule has 0 atom stereocenters. The van der Waals surface area contributed by atoms with Crippen molar-refractivity contribution < 1.29 is 14.3 Å². The highest BCUT2D eigenvalue weighted by Crippen LogP contribution is 2.38. The molecular weight excluding hydrogens is 444 g/mol. The molecular formula is C23H22N4O3S2. The van der Waals surface area contributed by atoms with E-state index in [2.05, 4.69) is 15.5 Å². The predicted octanol–water partition coefficient (Wildman–Crippen LogP) is 4.73. The van der Waals surface area contributed by atoms with Gasteiger partial charge in [-0.3, -0.25) is 9.20 Å². The number of hydrogen-bond acceptors (Lipinski definition) is 7. The Hall–Kier alpha value is -2.91. The van der Waals surface area contributed by atoms with Crippen molar-refractivity contribution in [1.82, 2.24) is 14.6 Å². The van der Waals surface area contributed by atoms with Gasteiger partial charge < -0.3 is 10.1 Å². The second kappa shape index (κ2) is 8.91. The first-order chi connectivity index (χ1) is 15.7. The minimum absolute atomic E-state index is 0.162. The molecule has 0 spiro atoms. The topological polar surface area (TPSA) is 85.6 Å². The van der Waals surface area contributed by atoms with E-state index in [1.54, 1.807) is 6.92 Å². The highest BCUT2D eigenvalue weighted by Gasteiger charge is 2.27. The Labute approximate surface area is 193 Å². The smallest absolute Gasteiger partial charge is 0.341 e. The number of rotatable bonds is 6. The van der Waals surface area contributed by atoms with Gasteiger partial charge in [-0.15, -0.1) is 21.5 Å². The molecule has 4 aromatic rings. The van der Waals surface area contributed by atoms with E-state index < -0.39 is 0 Å². The third kappa shape index (κ3) is 3.86. The fraction of sp³-hybridized carbons (Fsp3) is 0.304. The normalized spacial score (nSPS) is 13.3. The zero-order valence-corrected chi connectivity index (χ0v) is 19.2. The van der Waals surface area contributed by atoms with Gasteiger partial charge >= 0.3 is 5.97 Å². The lowest BCUT2D eigenvalue weighted by atomic mass is 9.95. The fourth-order valence-corrected chi connectivity index (χ4v) is 6.12. The van der Waals surface area contributed by atoms with Crippen LogP contribution in [0.2, 0.25) is 0 Å². The quantitative estimate of drug-likeness (QED) is 0.327. The number of nitrogens with one attached hydrogen (secondary N) is 1. The number of aromatic nitrogens is 3. The van der Waals surface area contributed by atoms with Crippen molar-refractivity contribution in [3.63, 3.8) is 0 Å². The van der Waals surface area contributed by atoms with Gasteiger partial charge in [0.15, 0.2) is 10.8 Å². The second-order valence-corrected chi connectivity index (χ2v) is 9.59. The first-order valence-corrected chi connectivity index (χ1v) is 12.4. The lowest BCUT2D eigenvalue weighted by Crippen LogP contribution is -2.17. The van der Waals surface area contributed by atoms with E-state index in [9.17, 15) is 9.59 Å². The molecule has 5 rings (SSSR count). The number of carbonyl (C=O) groups excluding carboxylic acids is 2. The molecule has 7 nitrogen and oxygen atoms in total. The van der Waals surface area contributed by atoms with E-state index in [-0.39, 0.29) is 17.6 Å². The first kappa shape index (κ1) is 21.0. The lowest BCUT2D eigenvalue weighted by molar-refractivity contribution is -0.113. The Balaban J connectivity index is 1.37. The molecule has 0 fully saturated rings. The number of carbonyl (C=O) groups is 2. The summed E-state index contributed by atoms with van der Waals surface area (Å²) in [5, 5.41) is 13.8. The number of thiophene rings is 1. The average molecular weight is 467 g/mol. The summed E-state index contributed by atoms with van der Waals surface area (Å²) in [4.78, 5) is 26.6. The summed E-state index contributed by atoms with van der Waals surface area (Å²) in [6, 6.07) is 11.9. The Kier molecular flexibility index (Phi) is 5.84. The van der Waals surface area contributed by atoms with Crippen LogP contribution in [0, 0.1) is 0 Å². The number of thioether (sulfide) groups is 1. The number of benzene rings is 1. The largest absolute Gasteiger partial charge is 0.462 e. The molecule has 1 N–H and O–H groups in total. The van der Waals surface area contributed by atoms with Crippen LogP contribution in [0.3, 0.4) is 0 Å². The van der Waals surface area contributed by atoms with Gasteiger partial charge in [0.1, 0.15) is 5.00 Å². The van der Waals surface area contributed by atoms with Crippen LogP contribution in [0.1, 0.15) is 40.6 Å². The number of hydrogen-bond donors (Lipinski definition) is 1. The highest BCUT2D eigenvalue weighted by molar-refractivity contribution is 7.99. The van der Waals surface area contributed by atoms with E-state index in [4.69, 9.17) is 4.74 Å². The maximum Gasteiger partial charge on any atom is 0.341 e. The van der Waals surface area contributed by atoms with Crippen LogP contribution >= 0.6 is 23.1 Å². The van der Waals surface area contributed by atoms with Crippen LogP contribution in [0.15, 0.2) is 41.6 Å². The van der Waals surface area contributed by atoms with Gasteiger partial charge in [0, 0.05) is 4.88 Å². The van der Waals surface area contributed by atoms with Crippen LogP contribution in [0.5, 0.6) is 0 Å². The molecule has 9 heteroatoms. The number of fused-ring (bicyclic) bond motifs is 4. The molecule has 0 unspecified atom stereocenters. The number of anilines is 1. The van der Waals surface area contributed by atoms with Crippen molar-refractivity contribution >= 4 is 56.5 Å². The van der Waals surface area contributed by atoms with Crippen molar-refractivity contribution in [3.05, 3.63) is 52.4 Å². The van der Waals surface area contributed by atoms with Gasteiger partial charge in [0.2, 0.25) is 5.91 Å². The van der Waals surface area contributed by atoms with E-state index in [0.29, 0.717) is 22.3 Å². The average Bonchev–Trinajstić information content (AvgIpc) is 3.39. The molecule has 0 saturated heterocycles. The SMILES string of the molecule is CCOC(=O)c1c(NC(=O)CSc2nnc3ccc4ccccc4n23)sc2c1CCCC2. The number of amides is 1. The Morgan fingerprint density at radius 3 is 2.88 bits per heavy atom. The lowest BCUT2D eigenvalue weighted by Gasteiger charge is -2.12. The van der Waals surface area contributed by atoms with E-state index in [0.717, 1.165) is 47.8 Å². The minimum Gasteiger partial charge on any atom is -0.462 e.